The van der Waals surface area contributed by atoms with E-state index in [1.807, 2.05) is 24.3 Å². The third-order valence-electron chi connectivity index (χ3n) is 4.78. The van der Waals surface area contributed by atoms with Crippen molar-refractivity contribution >= 4 is 28.3 Å². The fourth-order valence-electron chi connectivity index (χ4n) is 3.23. The summed E-state index contributed by atoms with van der Waals surface area (Å²) in [7, 11) is 0. The Morgan fingerprint density at radius 1 is 1.34 bits per heavy atom. The third-order valence-corrected chi connectivity index (χ3v) is 5.96. The van der Waals surface area contributed by atoms with E-state index in [9.17, 15) is 18.0 Å². The van der Waals surface area contributed by atoms with E-state index in [0.717, 1.165) is 33.7 Å². The van der Waals surface area contributed by atoms with Gasteiger partial charge in [0.15, 0.2) is 23.1 Å². The molecule has 9 heteroatoms. The maximum absolute atomic E-state index is 12.4. The Morgan fingerprint density at radius 3 is 2.90 bits per heavy atom. The molecule has 1 aliphatic carbocycles. The molecule has 4 rings (SSSR count). The van der Waals surface area contributed by atoms with E-state index in [1.165, 1.54) is 6.07 Å². The van der Waals surface area contributed by atoms with Crippen LogP contribution < -0.4 is 10.1 Å². The van der Waals surface area contributed by atoms with Gasteiger partial charge >= 0.3 is 6.18 Å². The first kappa shape index (κ1) is 19.8. The highest BCUT2D eigenvalue weighted by Crippen LogP contribution is 2.49. The van der Waals surface area contributed by atoms with Crippen molar-refractivity contribution in [1.29, 1.82) is 0 Å². The average Bonchev–Trinajstić information content (AvgIpc) is 3.08. The van der Waals surface area contributed by atoms with Crippen LogP contribution in [0.5, 0.6) is 5.06 Å². The van der Waals surface area contributed by atoms with Gasteiger partial charge in [-0.05, 0) is 43.5 Å². The highest BCUT2D eigenvalue weighted by molar-refractivity contribution is 7.13. The Morgan fingerprint density at radius 2 is 2.14 bits per heavy atom. The number of amides is 1. The van der Waals surface area contributed by atoms with Gasteiger partial charge in [0.1, 0.15) is 5.52 Å². The molecule has 3 aromatic rings. The fraction of sp³-hybridized carbons (Fsp3) is 0.400. The molecule has 2 aromatic heterocycles. The second-order valence-electron chi connectivity index (χ2n) is 7.18. The Hall–Kier alpha value is -2.55. The molecule has 1 aliphatic rings. The summed E-state index contributed by atoms with van der Waals surface area (Å²) in [5.41, 5.74) is 1.56. The number of ether oxygens (including phenoxy) is 1. The van der Waals surface area contributed by atoms with Crippen molar-refractivity contribution in [3.63, 3.8) is 0 Å². The molecule has 1 aromatic carbocycles. The molecule has 154 valence electrons. The number of nitrogens with one attached hydrogen (secondary N) is 1. The average molecular weight is 424 g/mol. The van der Waals surface area contributed by atoms with Crippen LogP contribution in [0, 0.1) is 5.92 Å². The van der Waals surface area contributed by atoms with Crippen molar-refractivity contribution in [3.05, 3.63) is 47.2 Å². The molecular weight excluding hydrogens is 405 g/mol. The van der Waals surface area contributed by atoms with Gasteiger partial charge in [-0.2, -0.15) is 13.2 Å². The van der Waals surface area contributed by atoms with E-state index in [0.29, 0.717) is 12.3 Å². The van der Waals surface area contributed by atoms with Crippen molar-refractivity contribution in [2.75, 3.05) is 6.61 Å². The Balaban J connectivity index is 1.27. The molecule has 1 amide bonds. The molecule has 0 aliphatic heterocycles. The van der Waals surface area contributed by atoms with Crippen molar-refractivity contribution in [3.8, 4) is 5.06 Å². The molecule has 0 unspecified atom stereocenters. The maximum atomic E-state index is 12.4. The number of alkyl halides is 3. The van der Waals surface area contributed by atoms with Crippen LogP contribution in [0.2, 0.25) is 0 Å². The van der Waals surface area contributed by atoms with Crippen LogP contribution in [0.3, 0.4) is 0 Å². The number of nitrogens with zero attached hydrogens (tertiary/aromatic N) is 1. The quantitative estimate of drug-likeness (QED) is 0.566. The van der Waals surface area contributed by atoms with Crippen molar-refractivity contribution in [2.45, 2.75) is 37.9 Å². The summed E-state index contributed by atoms with van der Waals surface area (Å²) in [6.45, 7) is 0.467. The lowest BCUT2D eigenvalue weighted by atomic mass is 10.2. The number of para-hydroxylation sites is 2. The highest BCUT2D eigenvalue weighted by Gasteiger charge is 2.43. The summed E-state index contributed by atoms with van der Waals surface area (Å²) in [6.07, 6.45) is -3.17. The number of oxazole rings is 1. The summed E-state index contributed by atoms with van der Waals surface area (Å²) in [5.74, 6) is 0.894. The van der Waals surface area contributed by atoms with Crippen LogP contribution in [0.25, 0.3) is 11.1 Å². The number of carbonyl (C=O) groups is 1. The van der Waals surface area contributed by atoms with Crippen molar-refractivity contribution in [2.24, 2.45) is 5.92 Å². The lowest BCUT2D eigenvalue weighted by Gasteiger charge is -2.12. The second-order valence-corrected chi connectivity index (χ2v) is 8.25. The van der Waals surface area contributed by atoms with E-state index in [4.69, 9.17) is 9.15 Å². The molecule has 0 saturated heterocycles. The van der Waals surface area contributed by atoms with Crippen LogP contribution in [0.4, 0.5) is 13.2 Å². The number of carbonyl (C=O) groups excluding carboxylic acids is 1. The molecule has 3 atom stereocenters. The standard InChI is InChI=1S/C20H19F3N2O3S/c1-11(16-6-7-18(29-16)27-10-20(21,22)23)24-17(26)9-12-8-13(12)19-25-14-4-2-3-5-15(14)28-19/h2-7,11-13H,8-10H2,1H3,(H,24,26)/t11-,12+,13-/m1/s1. The van der Waals surface area contributed by atoms with E-state index in [-0.39, 0.29) is 28.8 Å². The first-order valence-corrected chi connectivity index (χ1v) is 10.0. The van der Waals surface area contributed by atoms with Crippen molar-refractivity contribution in [1.82, 2.24) is 10.3 Å². The molecule has 2 heterocycles. The van der Waals surface area contributed by atoms with Gasteiger partial charge in [0.25, 0.3) is 0 Å². The molecule has 5 nitrogen and oxygen atoms in total. The monoisotopic (exact) mass is 424 g/mol. The lowest BCUT2D eigenvalue weighted by Crippen LogP contribution is -2.26. The number of rotatable bonds is 7. The summed E-state index contributed by atoms with van der Waals surface area (Å²) in [6, 6.07) is 10.4. The zero-order chi connectivity index (χ0) is 20.6. The smallest absolute Gasteiger partial charge is 0.422 e. The Bertz CT molecular complexity index is 981. The zero-order valence-corrected chi connectivity index (χ0v) is 16.3. The SMILES string of the molecule is C[C@@H](NC(=O)C[C@@H]1C[C@H]1c1nc2ccccc2o1)c1ccc(OCC(F)(F)F)s1. The Kier molecular flexibility index (Phi) is 5.24. The van der Waals surface area contributed by atoms with Gasteiger partial charge in [0, 0.05) is 17.2 Å². The largest absolute Gasteiger partial charge is 0.475 e. The van der Waals surface area contributed by atoms with E-state index < -0.39 is 12.8 Å². The van der Waals surface area contributed by atoms with Gasteiger partial charge < -0.3 is 14.5 Å². The lowest BCUT2D eigenvalue weighted by molar-refractivity contribution is -0.152. The first-order valence-electron chi connectivity index (χ1n) is 9.22. The summed E-state index contributed by atoms with van der Waals surface area (Å²) in [4.78, 5) is 17.6. The number of aromatic nitrogens is 1. The van der Waals surface area contributed by atoms with Gasteiger partial charge in [0.2, 0.25) is 5.91 Å². The molecule has 0 spiro atoms. The van der Waals surface area contributed by atoms with E-state index in [1.54, 1.807) is 13.0 Å². The molecule has 1 saturated carbocycles. The number of thiophene rings is 1. The van der Waals surface area contributed by atoms with Gasteiger partial charge in [-0.15, -0.1) is 11.3 Å². The Labute approximate surface area is 168 Å². The van der Waals surface area contributed by atoms with Gasteiger partial charge in [0.05, 0.1) is 6.04 Å². The fourth-order valence-corrected chi connectivity index (χ4v) is 4.09. The highest BCUT2D eigenvalue weighted by atomic mass is 32.1. The number of hydrogen-bond acceptors (Lipinski definition) is 5. The first-order chi connectivity index (χ1) is 13.8. The van der Waals surface area contributed by atoms with Gasteiger partial charge in [-0.1, -0.05) is 12.1 Å². The maximum Gasteiger partial charge on any atom is 0.422 e. The second kappa shape index (κ2) is 7.70. The molecular formula is C20H19F3N2O3S. The van der Waals surface area contributed by atoms with Crippen LogP contribution >= 0.6 is 11.3 Å². The van der Waals surface area contributed by atoms with Gasteiger partial charge in [-0.3, -0.25) is 4.79 Å². The minimum atomic E-state index is -4.38. The molecule has 29 heavy (non-hydrogen) atoms. The summed E-state index contributed by atoms with van der Waals surface area (Å²) >= 11 is 1.10. The predicted molar refractivity (Wildman–Crippen MR) is 102 cm³/mol. The predicted octanol–water partition coefficient (Wildman–Crippen LogP) is 5.20. The summed E-state index contributed by atoms with van der Waals surface area (Å²) < 4.78 is 47.2. The van der Waals surface area contributed by atoms with Gasteiger partial charge in [-0.25, -0.2) is 4.98 Å². The van der Waals surface area contributed by atoms with Crippen LogP contribution in [0.15, 0.2) is 40.8 Å². The third kappa shape index (κ3) is 4.90. The van der Waals surface area contributed by atoms with Crippen LogP contribution in [-0.4, -0.2) is 23.7 Å². The molecule has 1 fully saturated rings. The number of hydrogen-bond donors (Lipinski definition) is 1. The van der Waals surface area contributed by atoms with Crippen LogP contribution in [-0.2, 0) is 4.79 Å². The number of fused-ring (bicyclic) bond motifs is 1. The minimum absolute atomic E-state index is 0.104. The summed E-state index contributed by atoms with van der Waals surface area (Å²) in [5, 5.41) is 3.07. The molecule has 0 bridgehead atoms. The van der Waals surface area contributed by atoms with E-state index >= 15 is 0 Å². The number of benzene rings is 1. The van der Waals surface area contributed by atoms with Crippen LogP contribution in [0.1, 0.15) is 42.5 Å². The number of halogens is 3. The zero-order valence-electron chi connectivity index (χ0n) is 15.5. The molecule has 1 N–H and O–H groups in total. The van der Waals surface area contributed by atoms with Crippen molar-refractivity contribution < 1.29 is 27.1 Å². The topological polar surface area (TPSA) is 64.4 Å². The molecule has 0 radical (unpaired) electrons. The minimum Gasteiger partial charge on any atom is -0.475 e. The normalized spacial score (nSPS) is 19.9. The van der Waals surface area contributed by atoms with E-state index in [2.05, 4.69) is 10.3 Å².